The Morgan fingerprint density at radius 2 is 2.08 bits per heavy atom. The number of hydrogen-bond donors (Lipinski definition) is 1. The molecule has 6 nitrogen and oxygen atoms in total. The summed E-state index contributed by atoms with van der Waals surface area (Å²) in [6.45, 7) is 4.45. The van der Waals surface area contributed by atoms with E-state index in [1.165, 1.54) is 6.07 Å². The van der Waals surface area contributed by atoms with E-state index in [1.807, 2.05) is 20.9 Å². The minimum atomic E-state index is -0.391. The first kappa shape index (κ1) is 17.8. The van der Waals surface area contributed by atoms with Crippen molar-refractivity contribution in [3.05, 3.63) is 53.1 Å². The van der Waals surface area contributed by atoms with E-state index in [-0.39, 0.29) is 11.7 Å². The maximum absolute atomic E-state index is 13.5. The van der Waals surface area contributed by atoms with Crippen molar-refractivity contribution in [2.75, 3.05) is 13.2 Å². The number of para-hydroxylation sites is 1. The first-order valence-corrected chi connectivity index (χ1v) is 8.44. The van der Waals surface area contributed by atoms with Crippen LogP contribution >= 0.6 is 0 Å². The summed E-state index contributed by atoms with van der Waals surface area (Å²) in [5.41, 5.74) is 2.78. The van der Waals surface area contributed by atoms with Gasteiger partial charge in [-0.3, -0.25) is 9.48 Å². The molecule has 0 atom stereocenters. The summed E-state index contributed by atoms with van der Waals surface area (Å²) in [4.78, 5) is 17.0. The van der Waals surface area contributed by atoms with Gasteiger partial charge in [0.05, 0.1) is 23.3 Å². The number of benzene rings is 1. The molecule has 0 spiro atoms. The molecule has 2 heterocycles. The van der Waals surface area contributed by atoms with Gasteiger partial charge < -0.3 is 10.1 Å². The Bertz CT molecular complexity index is 952. The number of amides is 1. The summed E-state index contributed by atoms with van der Waals surface area (Å²) >= 11 is 0. The van der Waals surface area contributed by atoms with Crippen molar-refractivity contribution in [1.82, 2.24) is 20.1 Å². The Hall–Kier alpha value is -2.96. The van der Waals surface area contributed by atoms with Crippen molar-refractivity contribution in [2.45, 2.75) is 20.3 Å². The Labute approximate surface area is 151 Å². The highest BCUT2D eigenvalue weighted by Crippen LogP contribution is 2.21. The van der Waals surface area contributed by atoms with E-state index in [0.29, 0.717) is 30.8 Å². The molecule has 3 aromatic rings. The fourth-order valence-electron chi connectivity index (χ4n) is 2.86. The standard InChI is InChI=1S/C19H21FN4O2/c1-12-11-14(17-13(2)23-24(3)18(17)22-12)19(25)21-9-6-10-26-16-8-5-4-7-15(16)20/h4-5,7-8,11H,6,9-10H2,1-3H3,(H,21,25). The average Bonchev–Trinajstić information content (AvgIpc) is 2.89. The summed E-state index contributed by atoms with van der Waals surface area (Å²) in [5.74, 6) is -0.350. The van der Waals surface area contributed by atoms with E-state index in [2.05, 4.69) is 15.4 Å². The zero-order valence-electron chi connectivity index (χ0n) is 15.0. The van der Waals surface area contributed by atoms with Gasteiger partial charge >= 0.3 is 0 Å². The highest BCUT2D eigenvalue weighted by Gasteiger charge is 2.17. The average molecular weight is 356 g/mol. The second-order valence-electron chi connectivity index (χ2n) is 6.11. The predicted molar refractivity (Wildman–Crippen MR) is 96.8 cm³/mol. The summed E-state index contributed by atoms with van der Waals surface area (Å²) < 4.78 is 20.5. The van der Waals surface area contributed by atoms with Gasteiger partial charge in [0.25, 0.3) is 5.91 Å². The minimum Gasteiger partial charge on any atom is -0.490 e. The van der Waals surface area contributed by atoms with Gasteiger partial charge in [0.2, 0.25) is 0 Å². The molecule has 0 fully saturated rings. The second kappa shape index (κ2) is 7.51. The van der Waals surface area contributed by atoms with Crippen molar-refractivity contribution >= 4 is 16.9 Å². The van der Waals surface area contributed by atoms with Gasteiger partial charge in [-0.1, -0.05) is 12.1 Å². The van der Waals surface area contributed by atoms with Crippen LogP contribution in [-0.4, -0.2) is 33.8 Å². The molecule has 0 aliphatic carbocycles. The van der Waals surface area contributed by atoms with Crippen LogP contribution in [0.2, 0.25) is 0 Å². The van der Waals surface area contributed by atoms with Gasteiger partial charge in [-0.2, -0.15) is 5.10 Å². The fourth-order valence-corrected chi connectivity index (χ4v) is 2.86. The summed E-state index contributed by atoms with van der Waals surface area (Å²) in [7, 11) is 1.81. The van der Waals surface area contributed by atoms with E-state index < -0.39 is 5.82 Å². The van der Waals surface area contributed by atoms with Crippen molar-refractivity contribution in [3.63, 3.8) is 0 Å². The number of carbonyl (C=O) groups excluding carboxylic acids is 1. The number of carbonyl (C=O) groups is 1. The second-order valence-corrected chi connectivity index (χ2v) is 6.11. The van der Waals surface area contributed by atoms with Crippen LogP contribution in [0.1, 0.15) is 28.2 Å². The molecule has 136 valence electrons. The van der Waals surface area contributed by atoms with Gasteiger partial charge in [-0.15, -0.1) is 0 Å². The van der Waals surface area contributed by atoms with E-state index in [9.17, 15) is 9.18 Å². The number of aryl methyl sites for hydroxylation is 3. The van der Waals surface area contributed by atoms with Gasteiger partial charge in [0.15, 0.2) is 17.2 Å². The largest absolute Gasteiger partial charge is 0.490 e. The topological polar surface area (TPSA) is 69.0 Å². The van der Waals surface area contributed by atoms with Gasteiger partial charge in [0.1, 0.15) is 0 Å². The molecule has 1 amide bonds. The maximum atomic E-state index is 13.5. The van der Waals surface area contributed by atoms with Gasteiger partial charge in [-0.25, -0.2) is 9.37 Å². The first-order valence-electron chi connectivity index (χ1n) is 8.44. The smallest absolute Gasteiger partial charge is 0.252 e. The molecule has 1 aromatic carbocycles. The predicted octanol–water partition coefficient (Wildman–Crippen LogP) is 2.92. The molecule has 7 heteroatoms. The number of fused-ring (bicyclic) bond motifs is 1. The van der Waals surface area contributed by atoms with Gasteiger partial charge in [0, 0.05) is 19.3 Å². The molecule has 0 radical (unpaired) electrons. The molecule has 0 bridgehead atoms. The zero-order valence-corrected chi connectivity index (χ0v) is 15.0. The summed E-state index contributed by atoms with van der Waals surface area (Å²) in [6.07, 6.45) is 0.569. The molecule has 3 rings (SSSR count). The lowest BCUT2D eigenvalue weighted by atomic mass is 10.1. The third kappa shape index (κ3) is 3.66. The van der Waals surface area contributed by atoms with Crippen LogP contribution < -0.4 is 10.1 Å². The van der Waals surface area contributed by atoms with Crippen LogP contribution in [-0.2, 0) is 7.05 Å². The number of nitrogens with one attached hydrogen (secondary N) is 1. The van der Waals surface area contributed by atoms with Crippen molar-refractivity contribution < 1.29 is 13.9 Å². The third-order valence-corrected chi connectivity index (χ3v) is 4.04. The monoisotopic (exact) mass is 356 g/mol. The number of halogens is 1. The lowest BCUT2D eigenvalue weighted by molar-refractivity contribution is 0.0953. The molecule has 2 aromatic heterocycles. The summed E-state index contributed by atoms with van der Waals surface area (Å²) in [6, 6.07) is 8.02. The highest BCUT2D eigenvalue weighted by atomic mass is 19.1. The first-order chi connectivity index (χ1) is 12.5. The number of aromatic nitrogens is 3. The molecule has 0 unspecified atom stereocenters. The van der Waals surface area contributed by atoms with Crippen molar-refractivity contribution in [2.24, 2.45) is 7.05 Å². The number of ether oxygens (including phenoxy) is 1. The number of nitrogens with zero attached hydrogens (tertiary/aromatic N) is 3. The minimum absolute atomic E-state index is 0.178. The number of hydrogen-bond acceptors (Lipinski definition) is 4. The van der Waals surface area contributed by atoms with Gasteiger partial charge in [-0.05, 0) is 38.5 Å². The van der Waals surface area contributed by atoms with E-state index in [1.54, 1.807) is 28.9 Å². The lowest BCUT2D eigenvalue weighted by Gasteiger charge is -2.09. The number of pyridine rings is 1. The molecule has 0 aliphatic heterocycles. The van der Waals surface area contributed by atoms with E-state index >= 15 is 0 Å². The summed E-state index contributed by atoms with van der Waals surface area (Å²) in [5, 5.41) is 7.98. The zero-order chi connectivity index (χ0) is 18.7. The fraction of sp³-hybridized carbons (Fsp3) is 0.316. The molecule has 0 aliphatic rings. The van der Waals surface area contributed by atoms with Crippen LogP contribution in [0.15, 0.2) is 30.3 Å². The van der Waals surface area contributed by atoms with Crippen LogP contribution in [0.4, 0.5) is 4.39 Å². The van der Waals surface area contributed by atoms with E-state index in [4.69, 9.17) is 4.74 Å². The Morgan fingerprint density at radius 1 is 1.31 bits per heavy atom. The van der Waals surface area contributed by atoms with Crippen LogP contribution in [0.5, 0.6) is 5.75 Å². The molecule has 1 N–H and O–H groups in total. The molecule has 0 saturated carbocycles. The Balaban J connectivity index is 1.61. The SMILES string of the molecule is Cc1cc(C(=O)NCCCOc2ccccc2F)c2c(C)nn(C)c2n1. The lowest BCUT2D eigenvalue weighted by Crippen LogP contribution is -2.26. The van der Waals surface area contributed by atoms with Crippen LogP contribution in [0.25, 0.3) is 11.0 Å². The Kier molecular flexibility index (Phi) is 5.16. The molecule has 0 saturated heterocycles. The quantitative estimate of drug-likeness (QED) is 0.690. The van der Waals surface area contributed by atoms with E-state index in [0.717, 1.165) is 16.8 Å². The van der Waals surface area contributed by atoms with Crippen LogP contribution in [0.3, 0.4) is 0 Å². The van der Waals surface area contributed by atoms with Crippen molar-refractivity contribution in [1.29, 1.82) is 0 Å². The molecular formula is C19H21FN4O2. The molecular weight excluding hydrogens is 335 g/mol. The normalized spacial score (nSPS) is 10.9. The van der Waals surface area contributed by atoms with Crippen LogP contribution in [0, 0.1) is 19.7 Å². The highest BCUT2D eigenvalue weighted by molar-refractivity contribution is 6.06. The maximum Gasteiger partial charge on any atom is 0.252 e. The molecule has 26 heavy (non-hydrogen) atoms. The third-order valence-electron chi connectivity index (χ3n) is 4.04. The van der Waals surface area contributed by atoms with Crippen molar-refractivity contribution in [3.8, 4) is 5.75 Å². The number of rotatable bonds is 6. The Morgan fingerprint density at radius 3 is 2.85 bits per heavy atom.